The van der Waals surface area contributed by atoms with Crippen molar-refractivity contribution in [2.45, 2.75) is 35.8 Å². The molecule has 100 valence electrons. The number of nitrogens with one attached hydrogen (secondary N) is 1. The molecule has 0 saturated carbocycles. The van der Waals surface area contributed by atoms with Gasteiger partial charge in [0.25, 0.3) is 0 Å². The predicted octanol–water partition coefficient (Wildman–Crippen LogP) is 5.75. The van der Waals surface area contributed by atoms with Gasteiger partial charge in [0.05, 0.1) is 21.0 Å². The molecule has 19 heavy (non-hydrogen) atoms. The van der Waals surface area contributed by atoms with E-state index in [1.807, 2.05) is 29.2 Å². The normalized spacial score (nSPS) is 22.1. The molecule has 2 aromatic rings. The standard InChI is InChI=1S/C15H16ClNS2/c1-9-3-4-13(12(16)7-9)17-14-8-10(2)19-15-11(14)5-6-18-15/h3-7,10,14,17H,8H2,1-2H3/t10-,14?/m0/s1. The van der Waals surface area contributed by atoms with Gasteiger partial charge in [-0.1, -0.05) is 24.6 Å². The molecule has 1 aromatic heterocycles. The second kappa shape index (κ2) is 5.39. The molecule has 1 N–H and O–H groups in total. The first-order valence-electron chi connectivity index (χ1n) is 6.40. The summed E-state index contributed by atoms with van der Waals surface area (Å²) in [4.78, 5) is 0. The van der Waals surface area contributed by atoms with Gasteiger partial charge in [-0.15, -0.1) is 23.1 Å². The summed E-state index contributed by atoms with van der Waals surface area (Å²) in [7, 11) is 0. The zero-order chi connectivity index (χ0) is 13.4. The Kier molecular flexibility index (Phi) is 3.79. The molecular weight excluding hydrogens is 294 g/mol. The first-order chi connectivity index (χ1) is 9.13. The number of hydrogen-bond donors (Lipinski definition) is 1. The summed E-state index contributed by atoms with van der Waals surface area (Å²) in [6, 6.07) is 8.80. The summed E-state index contributed by atoms with van der Waals surface area (Å²) in [6.45, 7) is 4.35. The van der Waals surface area contributed by atoms with E-state index in [0.717, 1.165) is 17.1 Å². The van der Waals surface area contributed by atoms with Crippen molar-refractivity contribution in [3.05, 3.63) is 45.8 Å². The molecule has 4 heteroatoms. The predicted molar refractivity (Wildman–Crippen MR) is 86.8 cm³/mol. The van der Waals surface area contributed by atoms with Crippen LogP contribution in [0.3, 0.4) is 0 Å². The maximum Gasteiger partial charge on any atom is 0.0653 e. The summed E-state index contributed by atoms with van der Waals surface area (Å²) < 4.78 is 1.44. The van der Waals surface area contributed by atoms with Crippen molar-refractivity contribution >= 4 is 40.4 Å². The maximum absolute atomic E-state index is 6.32. The fourth-order valence-electron chi connectivity index (χ4n) is 2.41. The van der Waals surface area contributed by atoms with Crippen molar-refractivity contribution < 1.29 is 0 Å². The Morgan fingerprint density at radius 3 is 2.95 bits per heavy atom. The van der Waals surface area contributed by atoms with E-state index >= 15 is 0 Å². The van der Waals surface area contributed by atoms with Gasteiger partial charge in [0.15, 0.2) is 0 Å². The highest BCUT2D eigenvalue weighted by atomic mass is 35.5. The number of hydrogen-bond acceptors (Lipinski definition) is 3. The van der Waals surface area contributed by atoms with Crippen LogP contribution in [0, 0.1) is 6.92 Å². The number of fused-ring (bicyclic) bond motifs is 1. The fourth-order valence-corrected chi connectivity index (χ4v) is 5.27. The second-order valence-corrected chi connectivity index (χ2v) is 8.04. The van der Waals surface area contributed by atoms with Crippen molar-refractivity contribution in [3.8, 4) is 0 Å². The Bertz CT molecular complexity index is 594. The number of aryl methyl sites for hydroxylation is 1. The maximum atomic E-state index is 6.32. The van der Waals surface area contributed by atoms with Gasteiger partial charge in [0.1, 0.15) is 0 Å². The van der Waals surface area contributed by atoms with Crippen LogP contribution in [-0.4, -0.2) is 5.25 Å². The monoisotopic (exact) mass is 309 g/mol. The van der Waals surface area contributed by atoms with Gasteiger partial charge >= 0.3 is 0 Å². The van der Waals surface area contributed by atoms with Gasteiger partial charge in [0.2, 0.25) is 0 Å². The first kappa shape index (κ1) is 13.3. The van der Waals surface area contributed by atoms with Gasteiger partial charge in [0, 0.05) is 5.25 Å². The van der Waals surface area contributed by atoms with E-state index in [4.69, 9.17) is 11.6 Å². The Morgan fingerprint density at radius 1 is 1.32 bits per heavy atom. The molecule has 0 saturated heterocycles. The quantitative estimate of drug-likeness (QED) is 0.758. The number of halogens is 1. The Morgan fingerprint density at radius 2 is 2.16 bits per heavy atom. The van der Waals surface area contributed by atoms with E-state index in [9.17, 15) is 0 Å². The average Bonchev–Trinajstić information content (AvgIpc) is 2.80. The van der Waals surface area contributed by atoms with Crippen LogP contribution in [0.15, 0.2) is 33.9 Å². The minimum Gasteiger partial charge on any atom is -0.377 e. The van der Waals surface area contributed by atoms with E-state index < -0.39 is 0 Å². The van der Waals surface area contributed by atoms with Crippen molar-refractivity contribution in [3.63, 3.8) is 0 Å². The molecule has 0 fully saturated rings. The lowest BCUT2D eigenvalue weighted by molar-refractivity contribution is 0.670. The van der Waals surface area contributed by atoms with Crippen LogP contribution in [-0.2, 0) is 0 Å². The second-order valence-electron chi connectivity index (χ2n) is 5.01. The highest BCUT2D eigenvalue weighted by Crippen LogP contribution is 2.45. The van der Waals surface area contributed by atoms with Gasteiger partial charge < -0.3 is 5.32 Å². The fraction of sp³-hybridized carbons (Fsp3) is 0.333. The molecule has 1 aliphatic rings. The van der Waals surface area contributed by atoms with Gasteiger partial charge in [-0.05, 0) is 48.1 Å². The average molecular weight is 310 g/mol. The topological polar surface area (TPSA) is 12.0 Å². The van der Waals surface area contributed by atoms with E-state index in [1.54, 1.807) is 0 Å². The summed E-state index contributed by atoms with van der Waals surface area (Å²) in [6.07, 6.45) is 1.14. The Labute approximate surface area is 127 Å². The van der Waals surface area contributed by atoms with E-state index in [0.29, 0.717) is 11.3 Å². The minimum atomic E-state index is 0.373. The van der Waals surface area contributed by atoms with Crippen LogP contribution >= 0.6 is 34.7 Å². The number of thiophene rings is 1. The molecule has 0 amide bonds. The minimum absolute atomic E-state index is 0.373. The lowest BCUT2D eigenvalue weighted by Crippen LogP contribution is -2.19. The molecule has 3 rings (SSSR count). The van der Waals surface area contributed by atoms with Crippen LogP contribution in [0.5, 0.6) is 0 Å². The van der Waals surface area contributed by atoms with Crippen LogP contribution in [0.25, 0.3) is 0 Å². The molecule has 0 spiro atoms. The van der Waals surface area contributed by atoms with Gasteiger partial charge in [-0.3, -0.25) is 0 Å². The summed E-state index contributed by atoms with van der Waals surface area (Å²) in [5.74, 6) is 0. The number of thioether (sulfide) groups is 1. The van der Waals surface area contributed by atoms with Gasteiger partial charge in [-0.2, -0.15) is 0 Å². The molecule has 0 radical (unpaired) electrons. The molecule has 2 atom stereocenters. The highest BCUT2D eigenvalue weighted by molar-refractivity contribution is 8.01. The van der Waals surface area contributed by atoms with E-state index in [1.165, 1.54) is 15.3 Å². The molecule has 1 aromatic carbocycles. The lowest BCUT2D eigenvalue weighted by Gasteiger charge is -2.28. The Hall–Kier alpha value is -0.640. The third kappa shape index (κ3) is 2.78. The molecule has 1 nitrogen and oxygen atoms in total. The van der Waals surface area contributed by atoms with Crippen molar-refractivity contribution in [2.75, 3.05) is 5.32 Å². The highest BCUT2D eigenvalue weighted by Gasteiger charge is 2.26. The van der Waals surface area contributed by atoms with Crippen molar-refractivity contribution in [1.82, 2.24) is 0 Å². The SMILES string of the molecule is Cc1ccc(NC2C[C@H](C)Sc3sccc32)c(Cl)c1. The Balaban J connectivity index is 1.88. The largest absolute Gasteiger partial charge is 0.377 e. The summed E-state index contributed by atoms with van der Waals surface area (Å²) >= 11 is 10.1. The number of benzene rings is 1. The lowest BCUT2D eigenvalue weighted by atomic mass is 10.0. The van der Waals surface area contributed by atoms with Crippen LogP contribution in [0.2, 0.25) is 5.02 Å². The molecule has 2 heterocycles. The number of anilines is 1. The van der Waals surface area contributed by atoms with Crippen LogP contribution < -0.4 is 5.32 Å². The molecule has 0 aliphatic carbocycles. The third-order valence-corrected chi connectivity index (χ3v) is 6.02. The zero-order valence-electron chi connectivity index (χ0n) is 10.9. The van der Waals surface area contributed by atoms with Crippen molar-refractivity contribution in [1.29, 1.82) is 0 Å². The van der Waals surface area contributed by atoms with E-state index in [-0.39, 0.29) is 0 Å². The zero-order valence-corrected chi connectivity index (χ0v) is 13.3. The summed E-state index contributed by atoms with van der Waals surface area (Å²) in [5, 5.41) is 7.25. The molecule has 1 aliphatic heterocycles. The molecule has 1 unspecified atom stereocenters. The first-order valence-corrected chi connectivity index (χ1v) is 8.54. The smallest absolute Gasteiger partial charge is 0.0653 e. The molecular formula is C15H16ClNS2. The summed E-state index contributed by atoms with van der Waals surface area (Å²) in [5.41, 5.74) is 3.65. The third-order valence-electron chi connectivity index (χ3n) is 3.36. The number of rotatable bonds is 2. The van der Waals surface area contributed by atoms with Crippen LogP contribution in [0.4, 0.5) is 5.69 Å². The van der Waals surface area contributed by atoms with E-state index in [2.05, 4.69) is 42.7 Å². The van der Waals surface area contributed by atoms with Crippen LogP contribution in [0.1, 0.15) is 30.5 Å². The molecule has 0 bridgehead atoms. The van der Waals surface area contributed by atoms with Crippen molar-refractivity contribution in [2.24, 2.45) is 0 Å². The van der Waals surface area contributed by atoms with Gasteiger partial charge in [-0.25, -0.2) is 0 Å².